The van der Waals surface area contributed by atoms with Crippen LogP contribution in [0.2, 0.25) is 0 Å². The van der Waals surface area contributed by atoms with Gasteiger partial charge in [0.05, 0.1) is 0 Å². The Kier molecular flexibility index (Phi) is 3.87. The van der Waals surface area contributed by atoms with Crippen molar-refractivity contribution in [1.29, 1.82) is 0 Å². The van der Waals surface area contributed by atoms with Gasteiger partial charge in [0.15, 0.2) is 11.5 Å². The molecule has 0 saturated carbocycles. The summed E-state index contributed by atoms with van der Waals surface area (Å²) in [6, 6.07) is 13.7. The molecule has 0 atom stereocenters. The minimum absolute atomic E-state index is 0.0681. The van der Waals surface area contributed by atoms with Crippen LogP contribution in [0.1, 0.15) is 12.5 Å². The summed E-state index contributed by atoms with van der Waals surface area (Å²) in [4.78, 5) is 13.2. The van der Waals surface area contributed by atoms with Crippen molar-refractivity contribution in [1.82, 2.24) is 0 Å². The maximum atomic E-state index is 11.0. The highest BCUT2D eigenvalue weighted by molar-refractivity contribution is 5.88. The van der Waals surface area contributed by atoms with Crippen LogP contribution in [0.3, 0.4) is 0 Å². The molecule has 2 aromatic carbocycles. The van der Waals surface area contributed by atoms with Gasteiger partial charge in [-0.3, -0.25) is 4.79 Å². The highest BCUT2D eigenvalue weighted by Gasteiger charge is 2.13. The maximum Gasteiger partial charge on any atom is 0.231 e. The average molecular weight is 298 g/mol. The molecule has 0 fully saturated rings. The van der Waals surface area contributed by atoms with Crippen molar-refractivity contribution in [3.63, 3.8) is 0 Å². The average Bonchev–Trinajstić information content (AvgIpc) is 2.95. The molecule has 22 heavy (non-hydrogen) atoms. The van der Waals surface area contributed by atoms with Gasteiger partial charge in [-0.1, -0.05) is 6.07 Å². The molecule has 0 radical (unpaired) electrons. The molecular formula is C17H18N2O3. The first-order chi connectivity index (χ1) is 10.6. The first-order valence-corrected chi connectivity index (χ1v) is 7.09. The van der Waals surface area contributed by atoms with E-state index >= 15 is 0 Å². The van der Waals surface area contributed by atoms with Crippen LogP contribution >= 0.6 is 0 Å². The molecule has 0 aromatic heterocycles. The zero-order valence-corrected chi connectivity index (χ0v) is 12.6. The lowest BCUT2D eigenvalue weighted by atomic mass is 10.1. The van der Waals surface area contributed by atoms with E-state index in [-0.39, 0.29) is 5.91 Å². The number of ether oxygens (including phenoxy) is 2. The fourth-order valence-corrected chi connectivity index (χ4v) is 2.41. The van der Waals surface area contributed by atoms with E-state index in [1.807, 2.05) is 49.5 Å². The number of hydrogen-bond acceptors (Lipinski definition) is 4. The summed E-state index contributed by atoms with van der Waals surface area (Å²) in [6.07, 6.45) is 0. The zero-order chi connectivity index (χ0) is 15.5. The number of carbonyl (C=O) groups is 1. The summed E-state index contributed by atoms with van der Waals surface area (Å²) in [5, 5.41) is 2.76. The molecule has 0 spiro atoms. The van der Waals surface area contributed by atoms with Crippen LogP contribution in [0.25, 0.3) is 0 Å². The minimum Gasteiger partial charge on any atom is -0.454 e. The van der Waals surface area contributed by atoms with Crippen molar-refractivity contribution in [2.75, 3.05) is 24.1 Å². The summed E-state index contributed by atoms with van der Waals surface area (Å²) < 4.78 is 10.7. The lowest BCUT2D eigenvalue weighted by molar-refractivity contribution is -0.114. The molecule has 0 bridgehead atoms. The Labute approximate surface area is 129 Å². The van der Waals surface area contributed by atoms with Gasteiger partial charge >= 0.3 is 0 Å². The molecule has 1 N–H and O–H groups in total. The van der Waals surface area contributed by atoms with Crippen molar-refractivity contribution in [3.8, 4) is 11.5 Å². The van der Waals surface area contributed by atoms with Gasteiger partial charge in [0.2, 0.25) is 12.7 Å². The van der Waals surface area contributed by atoms with Gasteiger partial charge in [0.25, 0.3) is 0 Å². The quantitative estimate of drug-likeness (QED) is 0.942. The molecule has 1 heterocycles. The van der Waals surface area contributed by atoms with Crippen LogP contribution in [-0.2, 0) is 11.3 Å². The van der Waals surface area contributed by atoms with Gasteiger partial charge < -0.3 is 19.7 Å². The third kappa shape index (κ3) is 3.14. The molecule has 5 nitrogen and oxygen atoms in total. The second kappa shape index (κ2) is 5.97. The van der Waals surface area contributed by atoms with Crippen molar-refractivity contribution < 1.29 is 14.3 Å². The normalized spacial score (nSPS) is 12.1. The fraction of sp³-hybridized carbons (Fsp3) is 0.235. The van der Waals surface area contributed by atoms with E-state index in [0.717, 1.165) is 35.0 Å². The number of fused-ring (bicyclic) bond motifs is 1. The summed E-state index contributed by atoms with van der Waals surface area (Å²) in [5.41, 5.74) is 3.03. The molecule has 0 unspecified atom stereocenters. The van der Waals surface area contributed by atoms with Gasteiger partial charge in [-0.05, 0) is 42.0 Å². The Bertz CT molecular complexity index is 683. The second-order valence-electron chi connectivity index (χ2n) is 5.27. The molecule has 3 rings (SSSR count). The molecule has 1 aliphatic rings. The molecule has 5 heteroatoms. The first-order valence-electron chi connectivity index (χ1n) is 7.09. The lowest BCUT2D eigenvalue weighted by Gasteiger charge is -2.20. The molecule has 2 aromatic rings. The monoisotopic (exact) mass is 298 g/mol. The van der Waals surface area contributed by atoms with Gasteiger partial charge in [-0.15, -0.1) is 0 Å². The highest BCUT2D eigenvalue weighted by Crippen LogP contribution is 2.33. The molecule has 1 amide bonds. The van der Waals surface area contributed by atoms with E-state index in [4.69, 9.17) is 9.47 Å². The number of rotatable bonds is 4. The van der Waals surface area contributed by atoms with E-state index in [1.165, 1.54) is 6.92 Å². The van der Waals surface area contributed by atoms with Crippen LogP contribution in [0, 0.1) is 0 Å². The minimum atomic E-state index is -0.0681. The van der Waals surface area contributed by atoms with Crippen LogP contribution < -0.4 is 19.7 Å². The molecule has 0 aliphatic carbocycles. The van der Waals surface area contributed by atoms with Crippen molar-refractivity contribution in [2.45, 2.75) is 13.5 Å². The second-order valence-corrected chi connectivity index (χ2v) is 5.27. The maximum absolute atomic E-state index is 11.0. The van der Waals surface area contributed by atoms with Crippen molar-refractivity contribution in [3.05, 3.63) is 48.0 Å². The van der Waals surface area contributed by atoms with Crippen LogP contribution in [0.5, 0.6) is 11.5 Å². The SMILES string of the molecule is CC(=O)Nc1ccc(N(C)Cc2ccc3c(c2)OCO3)cc1. The Morgan fingerprint density at radius 1 is 1.14 bits per heavy atom. The third-order valence-corrected chi connectivity index (χ3v) is 3.49. The lowest BCUT2D eigenvalue weighted by Crippen LogP contribution is -2.16. The Hall–Kier alpha value is -2.69. The molecule has 114 valence electrons. The summed E-state index contributed by atoms with van der Waals surface area (Å²) in [6.45, 7) is 2.55. The van der Waals surface area contributed by atoms with E-state index in [0.29, 0.717) is 6.79 Å². The number of nitrogens with one attached hydrogen (secondary N) is 1. The predicted octanol–water partition coefficient (Wildman–Crippen LogP) is 3.01. The van der Waals surface area contributed by atoms with Gasteiger partial charge in [0, 0.05) is 31.9 Å². The number of benzene rings is 2. The number of amides is 1. The predicted molar refractivity (Wildman–Crippen MR) is 85.4 cm³/mol. The van der Waals surface area contributed by atoms with Crippen LogP contribution in [0.4, 0.5) is 11.4 Å². The largest absolute Gasteiger partial charge is 0.454 e. The van der Waals surface area contributed by atoms with Gasteiger partial charge in [-0.25, -0.2) is 0 Å². The van der Waals surface area contributed by atoms with Crippen LogP contribution in [-0.4, -0.2) is 19.7 Å². The number of carbonyl (C=O) groups excluding carboxylic acids is 1. The Balaban J connectivity index is 1.68. The number of nitrogens with zero attached hydrogens (tertiary/aromatic N) is 1. The van der Waals surface area contributed by atoms with E-state index in [2.05, 4.69) is 10.2 Å². The summed E-state index contributed by atoms with van der Waals surface area (Å²) in [5.74, 6) is 1.53. The number of anilines is 2. The Morgan fingerprint density at radius 2 is 1.86 bits per heavy atom. The van der Waals surface area contributed by atoms with Crippen molar-refractivity contribution in [2.24, 2.45) is 0 Å². The highest BCUT2D eigenvalue weighted by atomic mass is 16.7. The topological polar surface area (TPSA) is 50.8 Å². The van der Waals surface area contributed by atoms with Gasteiger partial charge in [0.1, 0.15) is 0 Å². The smallest absolute Gasteiger partial charge is 0.231 e. The fourth-order valence-electron chi connectivity index (χ4n) is 2.41. The first kappa shape index (κ1) is 14.3. The number of hydrogen-bond donors (Lipinski definition) is 1. The van der Waals surface area contributed by atoms with E-state index in [1.54, 1.807) is 0 Å². The zero-order valence-electron chi connectivity index (χ0n) is 12.6. The summed E-state index contributed by atoms with van der Waals surface area (Å²) in [7, 11) is 2.03. The van der Waals surface area contributed by atoms with Gasteiger partial charge in [-0.2, -0.15) is 0 Å². The molecular weight excluding hydrogens is 280 g/mol. The van der Waals surface area contributed by atoms with Crippen molar-refractivity contribution >= 4 is 17.3 Å². The Morgan fingerprint density at radius 3 is 2.59 bits per heavy atom. The van der Waals surface area contributed by atoms with E-state index < -0.39 is 0 Å². The van der Waals surface area contributed by atoms with E-state index in [9.17, 15) is 4.79 Å². The molecule has 0 saturated heterocycles. The molecule has 1 aliphatic heterocycles. The standard InChI is InChI=1S/C17H18N2O3/c1-12(20)18-14-4-6-15(7-5-14)19(2)10-13-3-8-16-17(9-13)22-11-21-16/h3-9H,10-11H2,1-2H3,(H,18,20). The summed E-state index contributed by atoms with van der Waals surface area (Å²) >= 11 is 0. The van der Waals surface area contributed by atoms with Crippen LogP contribution in [0.15, 0.2) is 42.5 Å². The third-order valence-electron chi connectivity index (χ3n) is 3.49.